The number of hydrogen-bond donors (Lipinski definition) is 0. The molecule has 0 saturated heterocycles. The molecular weight excluding hydrogens is 476 g/mol. The molecule has 1 aliphatic heterocycles. The van der Waals surface area contributed by atoms with Gasteiger partial charge in [-0.2, -0.15) is 5.26 Å². The van der Waals surface area contributed by atoms with E-state index in [4.69, 9.17) is 0 Å². The topological polar surface area (TPSA) is 61.2 Å². The number of amides is 1. The third-order valence-electron chi connectivity index (χ3n) is 7.23. The van der Waals surface area contributed by atoms with E-state index in [0.717, 1.165) is 38.6 Å². The minimum Gasteiger partial charge on any atom is -0.298 e. The van der Waals surface area contributed by atoms with E-state index in [2.05, 4.69) is 13.0 Å². The van der Waals surface area contributed by atoms with Crippen LogP contribution in [0.4, 0.5) is 5.00 Å². The molecule has 0 N–H and O–H groups in total. The van der Waals surface area contributed by atoms with Crippen LogP contribution in [-0.4, -0.2) is 11.7 Å². The van der Waals surface area contributed by atoms with Gasteiger partial charge in [0.15, 0.2) is 5.78 Å². The van der Waals surface area contributed by atoms with Crippen LogP contribution in [0, 0.1) is 16.7 Å². The second kappa shape index (κ2) is 10.2. The maximum Gasteiger partial charge on any atom is 0.241 e. The van der Waals surface area contributed by atoms with E-state index in [1.54, 1.807) is 0 Å². The quantitative estimate of drug-likeness (QED) is 0.250. The summed E-state index contributed by atoms with van der Waals surface area (Å²) in [4.78, 5) is 30.6. The smallest absolute Gasteiger partial charge is 0.241 e. The van der Waals surface area contributed by atoms with E-state index >= 15 is 0 Å². The van der Waals surface area contributed by atoms with Gasteiger partial charge in [0, 0.05) is 4.88 Å². The number of nitriles is 1. The number of thiophene rings is 1. The van der Waals surface area contributed by atoms with E-state index in [9.17, 15) is 14.9 Å². The van der Waals surface area contributed by atoms with Crippen LogP contribution in [0.2, 0.25) is 0 Å². The number of carbonyl (C=O) groups excluding carboxylic acids is 2. The monoisotopic (exact) mass is 504 g/mol. The van der Waals surface area contributed by atoms with Gasteiger partial charge in [0.05, 0.1) is 23.7 Å². The van der Waals surface area contributed by atoms with Crippen LogP contribution in [0.15, 0.2) is 84.9 Å². The first-order valence-electron chi connectivity index (χ1n) is 12.6. The van der Waals surface area contributed by atoms with Gasteiger partial charge in [-0.25, -0.2) is 0 Å². The third-order valence-corrected chi connectivity index (χ3v) is 8.53. The van der Waals surface area contributed by atoms with Crippen molar-refractivity contribution in [2.45, 2.75) is 39.7 Å². The Balaban J connectivity index is 1.46. The average Bonchev–Trinajstić information content (AvgIpc) is 3.39. The first-order chi connectivity index (χ1) is 17.9. The SMILES string of the molecule is CCc1cc2c(s1)N(Cc1ccc(-c3ccccc3C#N)cc1)C(=O)C(C)(CCc1ccccc1)C2=O. The lowest BCUT2D eigenvalue weighted by molar-refractivity contribution is -0.125. The molecule has 37 heavy (non-hydrogen) atoms. The number of benzene rings is 3. The molecule has 4 aromatic rings. The number of carbonyl (C=O) groups is 2. The molecule has 5 heteroatoms. The molecule has 1 aromatic heterocycles. The molecular formula is C32H28N2O2S. The lowest BCUT2D eigenvalue weighted by Gasteiger charge is -2.38. The molecule has 2 heterocycles. The fourth-order valence-electron chi connectivity index (χ4n) is 4.96. The number of nitrogens with zero attached hydrogens (tertiary/aromatic N) is 2. The number of aryl methyl sites for hydroxylation is 2. The number of Topliss-reactive ketones (excluding diaryl/α,β-unsaturated/α-hetero) is 1. The summed E-state index contributed by atoms with van der Waals surface area (Å²) in [5.74, 6) is -0.205. The van der Waals surface area contributed by atoms with Gasteiger partial charge in [-0.3, -0.25) is 14.5 Å². The van der Waals surface area contributed by atoms with Crippen molar-refractivity contribution in [3.63, 3.8) is 0 Å². The predicted molar refractivity (Wildman–Crippen MR) is 149 cm³/mol. The van der Waals surface area contributed by atoms with Crippen molar-refractivity contribution < 1.29 is 9.59 Å². The average molecular weight is 505 g/mol. The minimum absolute atomic E-state index is 0.0703. The summed E-state index contributed by atoms with van der Waals surface area (Å²) in [5, 5.41) is 10.2. The first kappa shape index (κ1) is 24.7. The Kier molecular flexibility index (Phi) is 6.78. The largest absolute Gasteiger partial charge is 0.298 e. The Bertz CT molecular complexity index is 1500. The van der Waals surface area contributed by atoms with Crippen molar-refractivity contribution in [1.82, 2.24) is 0 Å². The Morgan fingerprint density at radius 1 is 0.892 bits per heavy atom. The minimum atomic E-state index is -1.11. The fourth-order valence-corrected chi connectivity index (χ4v) is 6.05. The van der Waals surface area contributed by atoms with Gasteiger partial charge in [0.25, 0.3) is 0 Å². The van der Waals surface area contributed by atoms with E-state index in [-0.39, 0.29) is 11.7 Å². The van der Waals surface area contributed by atoms with Crippen LogP contribution in [0.3, 0.4) is 0 Å². The lowest BCUT2D eigenvalue weighted by Crippen LogP contribution is -2.51. The highest BCUT2D eigenvalue weighted by molar-refractivity contribution is 7.16. The highest BCUT2D eigenvalue weighted by Crippen LogP contribution is 2.45. The van der Waals surface area contributed by atoms with Crippen LogP contribution >= 0.6 is 11.3 Å². The molecule has 1 atom stereocenters. The van der Waals surface area contributed by atoms with Gasteiger partial charge in [-0.05, 0) is 60.6 Å². The zero-order valence-corrected chi connectivity index (χ0v) is 21.8. The van der Waals surface area contributed by atoms with Gasteiger partial charge in [-0.1, -0.05) is 79.7 Å². The number of hydrogen-bond acceptors (Lipinski definition) is 4. The van der Waals surface area contributed by atoms with E-state index in [1.165, 1.54) is 11.3 Å². The molecule has 1 aliphatic rings. The van der Waals surface area contributed by atoms with Crippen molar-refractivity contribution in [3.05, 3.63) is 112 Å². The maximum atomic E-state index is 14.0. The first-order valence-corrected chi connectivity index (χ1v) is 13.4. The number of ketones is 1. The Labute approximate surface area is 221 Å². The second-order valence-corrected chi connectivity index (χ2v) is 10.8. The fraction of sp³-hybridized carbons (Fsp3) is 0.219. The summed E-state index contributed by atoms with van der Waals surface area (Å²) in [6, 6.07) is 29.8. The van der Waals surface area contributed by atoms with E-state index < -0.39 is 5.41 Å². The molecule has 184 valence electrons. The van der Waals surface area contributed by atoms with Crippen molar-refractivity contribution in [1.29, 1.82) is 5.26 Å². The Morgan fingerprint density at radius 3 is 2.30 bits per heavy atom. The Morgan fingerprint density at radius 2 is 1.59 bits per heavy atom. The summed E-state index contributed by atoms with van der Waals surface area (Å²) in [5.41, 5.74) is 4.12. The molecule has 1 amide bonds. The molecule has 0 bridgehead atoms. The summed E-state index contributed by atoms with van der Waals surface area (Å²) in [7, 11) is 0. The highest BCUT2D eigenvalue weighted by Gasteiger charge is 2.49. The maximum absolute atomic E-state index is 14.0. The van der Waals surface area contributed by atoms with Gasteiger partial charge >= 0.3 is 0 Å². The van der Waals surface area contributed by atoms with Crippen molar-refractivity contribution in [3.8, 4) is 17.2 Å². The van der Waals surface area contributed by atoms with Gasteiger partial charge in [0.2, 0.25) is 5.91 Å². The summed E-state index contributed by atoms with van der Waals surface area (Å²) >= 11 is 1.54. The molecule has 3 aromatic carbocycles. The third kappa shape index (κ3) is 4.61. The van der Waals surface area contributed by atoms with Crippen LogP contribution in [0.5, 0.6) is 0 Å². The van der Waals surface area contributed by atoms with Crippen LogP contribution in [0.25, 0.3) is 11.1 Å². The summed E-state index contributed by atoms with van der Waals surface area (Å²) in [6.07, 6.45) is 1.95. The molecule has 4 nitrogen and oxygen atoms in total. The molecule has 0 fully saturated rings. The second-order valence-electron chi connectivity index (χ2n) is 9.68. The molecule has 0 aliphatic carbocycles. The Hall–Kier alpha value is -4.01. The molecule has 0 saturated carbocycles. The van der Waals surface area contributed by atoms with E-state index in [1.807, 2.05) is 96.8 Å². The zero-order chi connectivity index (χ0) is 26.0. The molecule has 0 spiro atoms. The number of fused-ring (bicyclic) bond motifs is 1. The van der Waals surface area contributed by atoms with Crippen LogP contribution < -0.4 is 4.90 Å². The zero-order valence-electron chi connectivity index (χ0n) is 21.0. The summed E-state index contributed by atoms with van der Waals surface area (Å²) in [6.45, 7) is 4.27. The standard InChI is InChI=1S/C32H28N2O2S/c1-3-26-19-28-29(35)32(2,18-17-22-9-5-4-6-10-22)31(36)34(30(28)37-26)21-23-13-15-24(16-14-23)27-12-8-7-11-25(27)20-33/h4-16,19H,3,17-18,21H2,1-2H3. The molecule has 1 unspecified atom stereocenters. The van der Waals surface area contributed by atoms with Crippen LogP contribution in [-0.2, 0) is 24.2 Å². The highest BCUT2D eigenvalue weighted by atomic mass is 32.1. The van der Waals surface area contributed by atoms with Gasteiger partial charge in [-0.15, -0.1) is 11.3 Å². The van der Waals surface area contributed by atoms with Crippen molar-refractivity contribution in [2.75, 3.05) is 4.90 Å². The van der Waals surface area contributed by atoms with Crippen molar-refractivity contribution in [2.24, 2.45) is 5.41 Å². The van der Waals surface area contributed by atoms with Gasteiger partial charge in [0.1, 0.15) is 10.4 Å². The van der Waals surface area contributed by atoms with Crippen LogP contribution in [0.1, 0.15) is 52.2 Å². The number of rotatable bonds is 7. The summed E-state index contributed by atoms with van der Waals surface area (Å²) < 4.78 is 0. The normalized spacial score (nSPS) is 16.9. The van der Waals surface area contributed by atoms with Crippen molar-refractivity contribution >= 4 is 28.0 Å². The molecule has 5 rings (SSSR count). The lowest BCUT2D eigenvalue weighted by atomic mass is 9.74. The van der Waals surface area contributed by atoms with Gasteiger partial charge < -0.3 is 0 Å². The molecule has 0 radical (unpaired) electrons. The number of anilines is 1. The predicted octanol–water partition coefficient (Wildman–Crippen LogP) is 7.22. The van der Waals surface area contributed by atoms with E-state index in [0.29, 0.717) is 30.5 Å².